The van der Waals surface area contributed by atoms with Crippen LogP contribution in [0.1, 0.15) is 21.6 Å². The molecule has 5 aromatic rings. The Labute approximate surface area is 206 Å². The van der Waals surface area contributed by atoms with Crippen LogP contribution in [0, 0.1) is 6.92 Å². The molecule has 0 saturated carbocycles. The quantitative estimate of drug-likeness (QED) is 0.249. The molecule has 0 amide bonds. The average molecular weight is 488 g/mol. The van der Waals surface area contributed by atoms with Gasteiger partial charge in [0.15, 0.2) is 5.65 Å². The van der Waals surface area contributed by atoms with Crippen LogP contribution in [0.5, 0.6) is 0 Å². The van der Waals surface area contributed by atoms with E-state index in [-0.39, 0.29) is 6.61 Å². The fourth-order valence-corrected chi connectivity index (χ4v) is 4.28. The molecular formula is C27H19Cl2N3O2. The SMILES string of the molecule is Cc1nn(-c2ccccc2)c2nc(-c3ccccc3)cc(C(=O)OCc3ccc(Cl)cc3Cl)c12. The number of para-hydroxylation sites is 1. The van der Waals surface area contributed by atoms with Gasteiger partial charge < -0.3 is 4.74 Å². The van der Waals surface area contributed by atoms with Crippen molar-refractivity contribution in [1.82, 2.24) is 14.8 Å². The summed E-state index contributed by atoms with van der Waals surface area (Å²) in [6.07, 6.45) is 0. The largest absolute Gasteiger partial charge is 0.457 e. The van der Waals surface area contributed by atoms with E-state index in [1.54, 1.807) is 28.9 Å². The number of pyridine rings is 1. The number of rotatable bonds is 5. The highest BCUT2D eigenvalue weighted by atomic mass is 35.5. The van der Waals surface area contributed by atoms with E-state index in [0.29, 0.717) is 43.6 Å². The third-order valence-electron chi connectivity index (χ3n) is 5.48. The van der Waals surface area contributed by atoms with Gasteiger partial charge in [-0.1, -0.05) is 77.8 Å². The number of carbonyl (C=O) groups excluding carboxylic acids is 1. The predicted molar refractivity (Wildman–Crippen MR) is 135 cm³/mol. The second kappa shape index (κ2) is 9.29. The molecule has 0 aliphatic heterocycles. The number of aryl methyl sites for hydroxylation is 1. The maximum absolute atomic E-state index is 13.3. The van der Waals surface area contributed by atoms with Gasteiger partial charge in [-0.05, 0) is 37.3 Å². The maximum atomic E-state index is 13.3. The Morgan fingerprint density at radius 3 is 2.35 bits per heavy atom. The number of carbonyl (C=O) groups is 1. The van der Waals surface area contributed by atoms with E-state index in [2.05, 4.69) is 0 Å². The fraction of sp³-hybridized carbons (Fsp3) is 0.0741. The van der Waals surface area contributed by atoms with Crippen LogP contribution in [0.25, 0.3) is 28.0 Å². The van der Waals surface area contributed by atoms with Crippen LogP contribution < -0.4 is 0 Å². The first-order valence-corrected chi connectivity index (χ1v) is 11.4. The third kappa shape index (κ3) is 4.28. The topological polar surface area (TPSA) is 57.0 Å². The highest BCUT2D eigenvalue weighted by Gasteiger charge is 2.22. The Morgan fingerprint density at radius 1 is 0.941 bits per heavy atom. The van der Waals surface area contributed by atoms with E-state index < -0.39 is 5.97 Å². The van der Waals surface area contributed by atoms with Gasteiger partial charge in [0.1, 0.15) is 6.61 Å². The summed E-state index contributed by atoms with van der Waals surface area (Å²) in [6, 6.07) is 26.2. The van der Waals surface area contributed by atoms with Gasteiger partial charge >= 0.3 is 5.97 Å². The molecule has 168 valence electrons. The van der Waals surface area contributed by atoms with E-state index in [1.807, 2.05) is 67.6 Å². The van der Waals surface area contributed by atoms with Crippen LogP contribution in [-0.2, 0) is 11.3 Å². The molecule has 0 unspecified atom stereocenters. The van der Waals surface area contributed by atoms with E-state index >= 15 is 0 Å². The Balaban J connectivity index is 1.62. The zero-order chi connectivity index (χ0) is 23.7. The molecule has 7 heteroatoms. The summed E-state index contributed by atoms with van der Waals surface area (Å²) in [5, 5.41) is 6.30. The molecule has 0 aliphatic rings. The summed E-state index contributed by atoms with van der Waals surface area (Å²) < 4.78 is 7.43. The number of benzene rings is 3. The van der Waals surface area contributed by atoms with Crippen molar-refractivity contribution in [2.75, 3.05) is 0 Å². The number of hydrogen-bond acceptors (Lipinski definition) is 4. The Morgan fingerprint density at radius 2 is 1.65 bits per heavy atom. The molecule has 0 bridgehead atoms. The van der Waals surface area contributed by atoms with Crippen LogP contribution in [0.2, 0.25) is 10.0 Å². The molecule has 0 saturated heterocycles. The lowest BCUT2D eigenvalue weighted by molar-refractivity contribution is 0.0475. The average Bonchev–Trinajstić information content (AvgIpc) is 3.20. The fourth-order valence-electron chi connectivity index (χ4n) is 3.82. The minimum Gasteiger partial charge on any atom is -0.457 e. The van der Waals surface area contributed by atoms with Gasteiger partial charge in [0.2, 0.25) is 0 Å². The number of aromatic nitrogens is 3. The monoisotopic (exact) mass is 487 g/mol. The van der Waals surface area contributed by atoms with E-state index in [4.69, 9.17) is 38.0 Å². The zero-order valence-corrected chi connectivity index (χ0v) is 19.7. The molecule has 0 spiro atoms. The van der Waals surface area contributed by atoms with Crippen LogP contribution in [0.4, 0.5) is 0 Å². The predicted octanol–water partition coefficient (Wildman–Crippen LogP) is 7.06. The molecule has 2 heterocycles. The van der Waals surface area contributed by atoms with Gasteiger partial charge in [0.25, 0.3) is 0 Å². The Bertz CT molecular complexity index is 1500. The van der Waals surface area contributed by atoms with Gasteiger partial charge in [0, 0.05) is 21.2 Å². The van der Waals surface area contributed by atoms with Crippen molar-refractivity contribution in [2.24, 2.45) is 0 Å². The normalized spacial score (nSPS) is 11.0. The third-order valence-corrected chi connectivity index (χ3v) is 6.06. The van der Waals surface area contributed by atoms with Gasteiger partial charge in [-0.2, -0.15) is 5.10 Å². The van der Waals surface area contributed by atoms with Crippen molar-refractivity contribution in [2.45, 2.75) is 13.5 Å². The first kappa shape index (κ1) is 22.1. The highest BCUT2D eigenvalue weighted by molar-refractivity contribution is 6.35. The molecule has 5 rings (SSSR count). The van der Waals surface area contributed by atoms with Crippen molar-refractivity contribution in [1.29, 1.82) is 0 Å². The number of esters is 1. The van der Waals surface area contributed by atoms with Crippen molar-refractivity contribution in [3.63, 3.8) is 0 Å². The number of fused-ring (bicyclic) bond motifs is 1. The van der Waals surface area contributed by atoms with Crippen LogP contribution in [0.15, 0.2) is 84.9 Å². The first-order chi connectivity index (χ1) is 16.5. The van der Waals surface area contributed by atoms with Crippen molar-refractivity contribution in [3.8, 4) is 16.9 Å². The number of nitrogens with zero attached hydrogens (tertiary/aromatic N) is 3. The summed E-state index contributed by atoms with van der Waals surface area (Å²) in [5.41, 5.74) is 4.73. The number of ether oxygens (including phenoxy) is 1. The molecule has 0 radical (unpaired) electrons. The Kier molecular flexibility index (Phi) is 6.05. The lowest BCUT2D eigenvalue weighted by Gasteiger charge is -2.10. The van der Waals surface area contributed by atoms with Crippen molar-refractivity contribution < 1.29 is 9.53 Å². The lowest BCUT2D eigenvalue weighted by atomic mass is 10.1. The Hall–Kier alpha value is -3.67. The van der Waals surface area contributed by atoms with Crippen LogP contribution in [-0.4, -0.2) is 20.7 Å². The molecule has 0 aliphatic carbocycles. The standard InChI is InChI=1S/C27H19Cl2N3O2/c1-17-25-22(27(33)34-16-19-12-13-20(28)14-23(19)29)15-24(18-8-4-2-5-9-18)30-26(25)32(31-17)21-10-6-3-7-11-21/h2-15H,16H2,1H3. The van der Waals surface area contributed by atoms with E-state index in [0.717, 1.165) is 11.3 Å². The zero-order valence-electron chi connectivity index (χ0n) is 18.2. The first-order valence-electron chi connectivity index (χ1n) is 10.6. The molecule has 5 nitrogen and oxygen atoms in total. The minimum atomic E-state index is -0.480. The summed E-state index contributed by atoms with van der Waals surface area (Å²) in [5.74, 6) is -0.480. The van der Waals surface area contributed by atoms with Gasteiger partial charge in [-0.15, -0.1) is 0 Å². The molecule has 0 N–H and O–H groups in total. The molecule has 34 heavy (non-hydrogen) atoms. The van der Waals surface area contributed by atoms with E-state index in [9.17, 15) is 4.79 Å². The molecule has 3 aromatic carbocycles. The molecule has 0 atom stereocenters. The number of halogens is 2. The summed E-state index contributed by atoms with van der Waals surface area (Å²) in [4.78, 5) is 18.2. The number of hydrogen-bond donors (Lipinski definition) is 0. The lowest BCUT2D eigenvalue weighted by Crippen LogP contribution is -2.08. The second-order valence-electron chi connectivity index (χ2n) is 7.76. The minimum absolute atomic E-state index is 0.0190. The van der Waals surface area contributed by atoms with Gasteiger partial charge in [-0.3, -0.25) is 0 Å². The second-order valence-corrected chi connectivity index (χ2v) is 8.61. The van der Waals surface area contributed by atoms with Crippen LogP contribution in [0.3, 0.4) is 0 Å². The summed E-state index contributed by atoms with van der Waals surface area (Å²) in [7, 11) is 0. The molecule has 0 fully saturated rings. The van der Waals surface area contributed by atoms with Crippen molar-refractivity contribution >= 4 is 40.2 Å². The summed E-state index contributed by atoms with van der Waals surface area (Å²) in [6.45, 7) is 1.88. The molecular weight excluding hydrogens is 469 g/mol. The highest BCUT2D eigenvalue weighted by Crippen LogP contribution is 2.30. The van der Waals surface area contributed by atoms with E-state index in [1.165, 1.54) is 0 Å². The van der Waals surface area contributed by atoms with Gasteiger partial charge in [-0.25, -0.2) is 14.5 Å². The van der Waals surface area contributed by atoms with Gasteiger partial charge in [0.05, 0.1) is 28.0 Å². The smallest absolute Gasteiger partial charge is 0.339 e. The summed E-state index contributed by atoms with van der Waals surface area (Å²) >= 11 is 12.2. The molecule has 2 aromatic heterocycles. The van der Waals surface area contributed by atoms with Crippen molar-refractivity contribution in [3.05, 3.63) is 112 Å². The van der Waals surface area contributed by atoms with Crippen LogP contribution >= 0.6 is 23.2 Å². The maximum Gasteiger partial charge on any atom is 0.339 e.